The summed E-state index contributed by atoms with van der Waals surface area (Å²) in [6, 6.07) is 1.98. The Bertz CT molecular complexity index is 395. The molecule has 0 N–H and O–H groups in total. The lowest BCUT2D eigenvalue weighted by atomic mass is 9.94. The minimum absolute atomic E-state index is 0.570. The predicted molar refractivity (Wildman–Crippen MR) is 72.4 cm³/mol. The summed E-state index contributed by atoms with van der Waals surface area (Å²) in [7, 11) is 0. The van der Waals surface area contributed by atoms with Crippen molar-refractivity contribution in [3.63, 3.8) is 0 Å². The fourth-order valence-electron chi connectivity index (χ4n) is 2.35. The summed E-state index contributed by atoms with van der Waals surface area (Å²) in [5.41, 5.74) is 1.17. The number of allylic oxidation sites excluding steroid dienone is 1. The lowest BCUT2D eigenvalue weighted by Crippen LogP contribution is -2.22. The molecule has 1 aromatic rings. The molecule has 2 rings (SSSR count). The van der Waals surface area contributed by atoms with Gasteiger partial charge in [-0.1, -0.05) is 39.5 Å². The molecule has 2 heterocycles. The maximum Gasteiger partial charge on any atom is 0.308 e. The number of rotatable bonds is 6. The van der Waals surface area contributed by atoms with Crippen molar-refractivity contribution in [3.8, 4) is 5.75 Å². The first kappa shape index (κ1) is 13.1. The zero-order valence-corrected chi connectivity index (χ0v) is 11.6. The van der Waals surface area contributed by atoms with E-state index in [4.69, 9.17) is 9.57 Å². The normalized spacial score (nSPS) is 17.4. The highest BCUT2D eigenvalue weighted by atomic mass is 16.8. The average molecular weight is 249 g/mol. The second-order valence-electron chi connectivity index (χ2n) is 4.87. The molecule has 1 unspecified atom stereocenters. The maximum absolute atomic E-state index is 5.68. The van der Waals surface area contributed by atoms with Crippen LogP contribution in [-0.4, -0.2) is 4.73 Å². The maximum atomic E-state index is 5.68. The van der Waals surface area contributed by atoms with E-state index in [1.165, 1.54) is 31.4 Å². The van der Waals surface area contributed by atoms with Crippen molar-refractivity contribution in [2.75, 3.05) is 0 Å². The van der Waals surface area contributed by atoms with Crippen LogP contribution >= 0.6 is 0 Å². The summed E-state index contributed by atoms with van der Waals surface area (Å²) in [4.78, 5) is 5.62. The molecule has 100 valence electrons. The van der Waals surface area contributed by atoms with E-state index in [-0.39, 0.29) is 0 Å². The zero-order valence-electron chi connectivity index (χ0n) is 11.6. The van der Waals surface area contributed by atoms with Crippen LogP contribution in [0.4, 0.5) is 0 Å². The lowest BCUT2D eigenvalue weighted by Gasteiger charge is -2.22. The fraction of sp³-hybridized carbons (Fsp3) is 0.600. The molecule has 0 spiro atoms. The van der Waals surface area contributed by atoms with E-state index < -0.39 is 0 Å². The van der Waals surface area contributed by atoms with Gasteiger partial charge in [-0.2, -0.15) is 4.73 Å². The molecule has 18 heavy (non-hydrogen) atoms. The SMILES string of the molecule is C/C=C1/Oc2ccn(c2CC(CC)CCCC)O1. The van der Waals surface area contributed by atoms with Gasteiger partial charge in [-0.25, -0.2) is 0 Å². The van der Waals surface area contributed by atoms with Gasteiger partial charge in [0.05, 0.1) is 0 Å². The molecule has 3 heteroatoms. The summed E-state index contributed by atoms with van der Waals surface area (Å²) in [5, 5.41) is 0. The van der Waals surface area contributed by atoms with Gasteiger partial charge in [-0.15, -0.1) is 0 Å². The van der Waals surface area contributed by atoms with Gasteiger partial charge in [0.15, 0.2) is 5.75 Å². The topological polar surface area (TPSA) is 23.4 Å². The number of hydrogen-bond donors (Lipinski definition) is 0. The molecule has 0 radical (unpaired) electrons. The van der Waals surface area contributed by atoms with Gasteiger partial charge < -0.3 is 9.57 Å². The molecule has 3 nitrogen and oxygen atoms in total. The lowest BCUT2D eigenvalue weighted by molar-refractivity contribution is 0.0635. The average Bonchev–Trinajstić information content (AvgIpc) is 2.64. The summed E-state index contributed by atoms with van der Waals surface area (Å²) < 4.78 is 7.53. The number of aromatic nitrogens is 1. The zero-order chi connectivity index (χ0) is 13.0. The Morgan fingerprint density at radius 2 is 2.22 bits per heavy atom. The molecule has 1 aliphatic rings. The van der Waals surface area contributed by atoms with Gasteiger partial charge in [0.2, 0.25) is 0 Å². The van der Waals surface area contributed by atoms with E-state index in [9.17, 15) is 0 Å². The van der Waals surface area contributed by atoms with E-state index in [2.05, 4.69) is 13.8 Å². The van der Waals surface area contributed by atoms with E-state index in [0.717, 1.165) is 18.1 Å². The van der Waals surface area contributed by atoms with Crippen molar-refractivity contribution in [1.29, 1.82) is 0 Å². The standard InChI is InChI=1S/C15H23NO2/c1-4-7-8-12(5-2)11-13-14-9-10-16(13)18-15(6-3)17-14/h6,9-10,12H,4-5,7-8,11H2,1-3H3/b15-6-. The van der Waals surface area contributed by atoms with Crippen LogP contribution in [0.15, 0.2) is 24.3 Å². The largest absolute Gasteiger partial charge is 0.423 e. The highest BCUT2D eigenvalue weighted by Gasteiger charge is 2.22. The van der Waals surface area contributed by atoms with Gasteiger partial charge in [-0.05, 0) is 25.3 Å². The van der Waals surface area contributed by atoms with Crippen LogP contribution in [0.1, 0.15) is 52.1 Å². The Kier molecular flexibility index (Phi) is 4.34. The Morgan fingerprint density at radius 1 is 1.39 bits per heavy atom. The molecular weight excluding hydrogens is 226 g/mol. The number of hydrogen-bond acceptors (Lipinski definition) is 2. The van der Waals surface area contributed by atoms with Crippen LogP contribution in [0.25, 0.3) is 0 Å². The van der Waals surface area contributed by atoms with Gasteiger partial charge in [-0.3, -0.25) is 0 Å². The smallest absolute Gasteiger partial charge is 0.308 e. The van der Waals surface area contributed by atoms with Crippen LogP contribution < -0.4 is 9.57 Å². The van der Waals surface area contributed by atoms with E-state index >= 15 is 0 Å². The molecule has 0 saturated carbocycles. The molecular formula is C15H23NO2. The molecule has 0 amide bonds. The fourth-order valence-corrected chi connectivity index (χ4v) is 2.35. The number of unbranched alkanes of at least 4 members (excludes halogenated alkanes) is 1. The third-order valence-electron chi connectivity index (χ3n) is 3.57. The molecule has 0 saturated heterocycles. The minimum Gasteiger partial charge on any atom is -0.423 e. The van der Waals surface area contributed by atoms with Crippen molar-refractivity contribution in [2.24, 2.45) is 5.92 Å². The van der Waals surface area contributed by atoms with Crippen molar-refractivity contribution in [2.45, 2.75) is 52.9 Å². The highest BCUT2D eigenvalue weighted by Crippen LogP contribution is 2.30. The third-order valence-corrected chi connectivity index (χ3v) is 3.57. The second kappa shape index (κ2) is 5.98. The summed E-state index contributed by atoms with van der Waals surface area (Å²) >= 11 is 0. The van der Waals surface area contributed by atoms with Crippen LogP contribution in [0.5, 0.6) is 5.75 Å². The number of fused-ring (bicyclic) bond motifs is 2. The van der Waals surface area contributed by atoms with E-state index in [0.29, 0.717) is 5.95 Å². The molecule has 1 atom stereocenters. The molecule has 0 fully saturated rings. The van der Waals surface area contributed by atoms with Gasteiger partial charge in [0.25, 0.3) is 0 Å². The summed E-state index contributed by atoms with van der Waals surface area (Å²) in [5.74, 6) is 2.24. The highest BCUT2D eigenvalue weighted by molar-refractivity contribution is 5.32. The summed E-state index contributed by atoms with van der Waals surface area (Å²) in [6.45, 7) is 6.42. The van der Waals surface area contributed by atoms with Gasteiger partial charge in [0.1, 0.15) is 5.69 Å². The third kappa shape index (κ3) is 2.71. The monoisotopic (exact) mass is 249 g/mol. The molecule has 2 bridgehead atoms. The Balaban J connectivity index is 2.06. The van der Waals surface area contributed by atoms with Gasteiger partial charge in [0, 0.05) is 12.3 Å². The van der Waals surface area contributed by atoms with Crippen LogP contribution in [0.2, 0.25) is 0 Å². The molecule has 1 aliphatic heterocycles. The number of nitrogens with zero attached hydrogens (tertiary/aromatic N) is 1. The minimum atomic E-state index is 0.570. The first-order chi connectivity index (χ1) is 8.78. The molecule has 0 aromatic carbocycles. The van der Waals surface area contributed by atoms with Crippen LogP contribution in [-0.2, 0) is 6.42 Å². The van der Waals surface area contributed by atoms with Crippen molar-refractivity contribution < 1.29 is 9.57 Å². The number of ether oxygens (including phenoxy) is 1. The molecule has 1 aromatic heterocycles. The first-order valence-electron chi connectivity index (χ1n) is 7.01. The van der Waals surface area contributed by atoms with Gasteiger partial charge >= 0.3 is 5.95 Å². The first-order valence-corrected chi connectivity index (χ1v) is 7.01. The van der Waals surface area contributed by atoms with E-state index in [1.807, 2.05) is 30.0 Å². The van der Waals surface area contributed by atoms with Crippen LogP contribution in [0, 0.1) is 5.92 Å². The Labute approximate surface area is 109 Å². The Morgan fingerprint density at radius 3 is 2.83 bits per heavy atom. The van der Waals surface area contributed by atoms with E-state index in [1.54, 1.807) is 0 Å². The molecule has 0 aliphatic carbocycles. The van der Waals surface area contributed by atoms with Crippen molar-refractivity contribution in [1.82, 2.24) is 4.73 Å². The summed E-state index contributed by atoms with van der Waals surface area (Å²) in [6.07, 6.45) is 9.88. The quantitative estimate of drug-likeness (QED) is 0.762. The predicted octanol–water partition coefficient (Wildman–Crippen LogP) is 3.93. The van der Waals surface area contributed by atoms with Crippen molar-refractivity contribution in [3.05, 3.63) is 30.0 Å². The van der Waals surface area contributed by atoms with Crippen molar-refractivity contribution >= 4 is 0 Å². The van der Waals surface area contributed by atoms with Crippen LogP contribution in [0.3, 0.4) is 0 Å². The Hall–Kier alpha value is -1.38. The second-order valence-corrected chi connectivity index (χ2v) is 4.87.